The molecule has 0 bridgehead atoms. The van der Waals surface area contributed by atoms with Gasteiger partial charge in [-0.2, -0.15) is 0 Å². The quantitative estimate of drug-likeness (QED) is 0.537. The van der Waals surface area contributed by atoms with Crippen LogP contribution < -0.4 is 15.1 Å². The van der Waals surface area contributed by atoms with Crippen LogP contribution in [0.4, 0.5) is 0 Å². The molecule has 1 aromatic rings. The number of hydrogen-bond donors (Lipinski definition) is 3. The van der Waals surface area contributed by atoms with Crippen LogP contribution in [0.25, 0.3) is 0 Å². The maximum absolute atomic E-state index is 12.4. The number of nitrogens with one attached hydrogen (secondary N) is 3. The predicted molar refractivity (Wildman–Crippen MR) is 97.7 cm³/mol. The van der Waals surface area contributed by atoms with Crippen molar-refractivity contribution in [1.29, 1.82) is 0 Å². The van der Waals surface area contributed by atoms with Gasteiger partial charge in [0.05, 0.1) is 45.2 Å². The SMILES string of the molecule is COC(=O)C1CC[NH+](CC(=O)N[C@@H]2CC[NH+](Cc3ccccc3)C2)CC1. The Morgan fingerprint density at radius 3 is 2.46 bits per heavy atom. The number of likely N-dealkylation sites (tertiary alicyclic amines) is 2. The Morgan fingerprint density at radius 1 is 1.08 bits per heavy atom. The van der Waals surface area contributed by atoms with Crippen LogP contribution >= 0.6 is 0 Å². The highest BCUT2D eigenvalue weighted by Gasteiger charge is 2.31. The van der Waals surface area contributed by atoms with Crippen molar-refractivity contribution in [2.45, 2.75) is 31.8 Å². The van der Waals surface area contributed by atoms with Gasteiger partial charge >= 0.3 is 5.97 Å². The second-order valence-corrected chi connectivity index (χ2v) is 7.64. The Morgan fingerprint density at radius 2 is 1.77 bits per heavy atom. The molecule has 0 aliphatic carbocycles. The summed E-state index contributed by atoms with van der Waals surface area (Å²) in [7, 11) is 1.44. The van der Waals surface area contributed by atoms with Gasteiger partial charge in [-0.3, -0.25) is 9.59 Å². The molecule has 0 spiro atoms. The van der Waals surface area contributed by atoms with E-state index in [2.05, 4.69) is 29.6 Å². The largest absolute Gasteiger partial charge is 0.469 e. The Bertz CT molecular complexity index is 600. The maximum atomic E-state index is 12.4. The lowest BCUT2D eigenvalue weighted by Gasteiger charge is -2.27. The average Bonchev–Trinajstić information content (AvgIpc) is 3.09. The lowest BCUT2D eigenvalue weighted by Crippen LogP contribution is -3.14. The number of rotatable bonds is 6. The number of benzene rings is 1. The second-order valence-electron chi connectivity index (χ2n) is 7.64. The summed E-state index contributed by atoms with van der Waals surface area (Å²) >= 11 is 0. The summed E-state index contributed by atoms with van der Waals surface area (Å²) in [5, 5.41) is 3.21. The van der Waals surface area contributed by atoms with Gasteiger partial charge in [0.15, 0.2) is 6.54 Å². The van der Waals surface area contributed by atoms with E-state index in [1.165, 1.54) is 22.5 Å². The molecule has 3 N–H and O–H groups in total. The first-order chi connectivity index (χ1) is 12.6. The zero-order chi connectivity index (χ0) is 18.4. The molecule has 2 atom stereocenters. The Labute approximate surface area is 155 Å². The summed E-state index contributed by atoms with van der Waals surface area (Å²) in [6.45, 7) is 5.38. The van der Waals surface area contributed by atoms with Crippen LogP contribution in [-0.4, -0.2) is 57.8 Å². The minimum absolute atomic E-state index is 0.0109. The van der Waals surface area contributed by atoms with Gasteiger partial charge in [-0.1, -0.05) is 30.3 Å². The van der Waals surface area contributed by atoms with Crippen LogP contribution in [0, 0.1) is 5.92 Å². The first-order valence-electron chi connectivity index (χ1n) is 9.72. The molecular weight excluding hydrogens is 330 g/mol. The summed E-state index contributed by atoms with van der Waals surface area (Å²) in [4.78, 5) is 26.8. The smallest absolute Gasteiger partial charge is 0.309 e. The highest BCUT2D eigenvalue weighted by atomic mass is 16.5. The number of quaternary nitrogens is 2. The number of amides is 1. The van der Waals surface area contributed by atoms with Gasteiger partial charge < -0.3 is 19.9 Å². The molecule has 0 radical (unpaired) electrons. The molecule has 3 rings (SSSR count). The van der Waals surface area contributed by atoms with Crippen molar-refractivity contribution in [3.8, 4) is 0 Å². The standard InChI is InChI=1S/C20H29N3O3/c1-26-20(25)17-7-10-22(11-8-17)15-19(24)21-18-9-12-23(14-18)13-16-5-3-2-4-6-16/h2-6,17-18H,7-15H2,1H3,(H,21,24)/p+2/t18-/m1/s1. The topological polar surface area (TPSA) is 64.3 Å². The molecule has 0 saturated carbocycles. The minimum atomic E-state index is -0.110. The van der Waals surface area contributed by atoms with Crippen molar-refractivity contribution in [2.75, 3.05) is 39.8 Å². The molecule has 6 nitrogen and oxygen atoms in total. The van der Waals surface area contributed by atoms with E-state index in [9.17, 15) is 9.59 Å². The van der Waals surface area contributed by atoms with E-state index in [-0.39, 0.29) is 23.8 Å². The van der Waals surface area contributed by atoms with E-state index in [0.29, 0.717) is 6.54 Å². The lowest BCUT2D eigenvalue weighted by molar-refractivity contribution is -0.902. The van der Waals surface area contributed by atoms with Gasteiger partial charge in [-0.15, -0.1) is 0 Å². The van der Waals surface area contributed by atoms with E-state index in [0.717, 1.165) is 52.0 Å². The second kappa shape index (κ2) is 9.14. The summed E-state index contributed by atoms with van der Waals surface area (Å²) < 4.78 is 4.82. The lowest BCUT2D eigenvalue weighted by atomic mass is 9.97. The number of carbonyl (C=O) groups is 2. The fourth-order valence-corrected chi connectivity index (χ4v) is 4.21. The average molecular weight is 361 g/mol. The van der Waals surface area contributed by atoms with E-state index < -0.39 is 0 Å². The molecule has 2 aliphatic rings. The van der Waals surface area contributed by atoms with Gasteiger partial charge in [0.2, 0.25) is 0 Å². The highest BCUT2D eigenvalue weighted by molar-refractivity contribution is 5.77. The zero-order valence-corrected chi connectivity index (χ0v) is 15.6. The molecule has 142 valence electrons. The maximum Gasteiger partial charge on any atom is 0.309 e. The van der Waals surface area contributed by atoms with Gasteiger partial charge in [-0.05, 0) is 0 Å². The third-order valence-electron chi connectivity index (χ3n) is 5.68. The number of hydrogen-bond acceptors (Lipinski definition) is 3. The van der Waals surface area contributed by atoms with Gasteiger partial charge in [0.25, 0.3) is 5.91 Å². The van der Waals surface area contributed by atoms with Crippen molar-refractivity contribution in [3.63, 3.8) is 0 Å². The fraction of sp³-hybridized carbons (Fsp3) is 0.600. The molecule has 2 fully saturated rings. The number of esters is 1. The van der Waals surface area contributed by atoms with Gasteiger partial charge in [0.1, 0.15) is 6.54 Å². The molecule has 1 aromatic carbocycles. The number of piperidine rings is 1. The molecule has 6 heteroatoms. The predicted octanol–water partition coefficient (Wildman–Crippen LogP) is -1.57. The summed E-state index contributed by atoms with van der Waals surface area (Å²) in [5.74, 6) is 0.0419. The Hall–Kier alpha value is -1.92. The van der Waals surface area contributed by atoms with Crippen molar-refractivity contribution in [3.05, 3.63) is 35.9 Å². The van der Waals surface area contributed by atoms with E-state index in [1.54, 1.807) is 0 Å². The first-order valence-corrected chi connectivity index (χ1v) is 9.72. The monoisotopic (exact) mass is 361 g/mol. The zero-order valence-electron chi connectivity index (χ0n) is 15.6. The first kappa shape index (κ1) is 18.9. The molecule has 2 heterocycles. The molecule has 0 aromatic heterocycles. The number of carbonyl (C=O) groups excluding carboxylic acids is 2. The van der Waals surface area contributed by atoms with E-state index in [4.69, 9.17) is 4.74 Å². The Kier molecular flexibility index (Phi) is 6.63. The van der Waals surface area contributed by atoms with Crippen molar-refractivity contribution >= 4 is 11.9 Å². The third-order valence-corrected chi connectivity index (χ3v) is 5.68. The summed E-state index contributed by atoms with van der Waals surface area (Å²) in [5.41, 5.74) is 1.35. The van der Waals surface area contributed by atoms with Crippen LogP contribution in [0.5, 0.6) is 0 Å². The molecule has 26 heavy (non-hydrogen) atoms. The minimum Gasteiger partial charge on any atom is -0.469 e. The van der Waals surface area contributed by atoms with Crippen LogP contribution in [0.3, 0.4) is 0 Å². The molecule has 1 unspecified atom stereocenters. The number of methoxy groups -OCH3 is 1. The van der Waals surface area contributed by atoms with Crippen molar-refractivity contribution in [2.24, 2.45) is 5.92 Å². The third kappa shape index (κ3) is 5.29. The van der Waals surface area contributed by atoms with Gasteiger partial charge in [-0.25, -0.2) is 0 Å². The van der Waals surface area contributed by atoms with Gasteiger partial charge in [0, 0.05) is 24.8 Å². The normalized spacial score (nSPS) is 28.5. The van der Waals surface area contributed by atoms with Crippen molar-refractivity contribution < 1.29 is 24.1 Å². The van der Waals surface area contributed by atoms with Crippen molar-refractivity contribution in [1.82, 2.24) is 5.32 Å². The van der Waals surface area contributed by atoms with Crippen LogP contribution in [0.1, 0.15) is 24.8 Å². The van der Waals surface area contributed by atoms with E-state index in [1.807, 2.05) is 6.07 Å². The van der Waals surface area contributed by atoms with Crippen LogP contribution in [0.2, 0.25) is 0 Å². The number of ether oxygens (including phenoxy) is 1. The van der Waals surface area contributed by atoms with E-state index >= 15 is 0 Å². The molecular formula is C20H31N3O3+2. The van der Waals surface area contributed by atoms with Crippen LogP contribution in [0.15, 0.2) is 30.3 Å². The molecule has 1 amide bonds. The van der Waals surface area contributed by atoms with Crippen LogP contribution in [-0.2, 0) is 20.9 Å². The summed E-state index contributed by atoms with van der Waals surface area (Å²) in [6.07, 6.45) is 2.68. The molecule has 2 saturated heterocycles. The summed E-state index contributed by atoms with van der Waals surface area (Å²) in [6, 6.07) is 10.8. The highest BCUT2D eigenvalue weighted by Crippen LogP contribution is 2.10. The molecule has 2 aliphatic heterocycles. The fourth-order valence-electron chi connectivity index (χ4n) is 4.21. The Balaban J connectivity index is 1.36.